The van der Waals surface area contributed by atoms with E-state index in [1.807, 2.05) is 0 Å². The van der Waals surface area contributed by atoms with Crippen LogP contribution in [-0.4, -0.2) is 36.0 Å². The van der Waals surface area contributed by atoms with Gasteiger partial charge in [-0.2, -0.15) is 0 Å². The highest BCUT2D eigenvalue weighted by atomic mass is 32.1. The van der Waals surface area contributed by atoms with Gasteiger partial charge in [0.15, 0.2) is 6.61 Å². The molecule has 0 saturated heterocycles. The van der Waals surface area contributed by atoms with Crippen LogP contribution in [0.1, 0.15) is 27.6 Å². The van der Waals surface area contributed by atoms with E-state index in [-0.39, 0.29) is 22.7 Å². The Morgan fingerprint density at radius 3 is 2.67 bits per heavy atom. The van der Waals surface area contributed by atoms with E-state index in [1.165, 1.54) is 6.26 Å². The van der Waals surface area contributed by atoms with Gasteiger partial charge in [-0.25, -0.2) is 9.59 Å². The SMILES string of the molecule is CCOC(=O)c1c(-c2ccco2)csc1NC(=O)COC(=O)c1cc(=O)[nH]c2ccccc12. The zero-order chi connectivity index (χ0) is 23.4. The van der Waals surface area contributed by atoms with Crippen LogP contribution in [0, 0.1) is 0 Å². The van der Waals surface area contributed by atoms with E-state index in [0.29, 0.717) is 22.2 Å². The molecule has 1 aromatic carbocycles. The third-order valence-corrected chi connectivity index (χ3v) is 5.51. The number of carbonyl (C=O) groups excluding carboxylic acids is 3. The lowest BCUT2D eigenvalue weighted by atomic mass is 10.1. The largest absolute Gasteiger partial charge is 0.464 e. The zero-order valence-electron chi connectivity index (χ0n) is 17.4. The van der Waals surface area contributed by atoms with Crippen molar-refractivity contribution in [3.05, 3.63) is 75.6 Å². The van der Waals surface area contributed by atoms with Crippen molar-refractivity contribution in [1.29, 1.82) is 0 Å². The highest BCUT2D eigenvalue weighted by Crippen LogP contribution is 2.36. The van der Waals surface area contributed by atoms with Gasteiger partial charge < -0.3 is 24.2 Å². The molecular weight excluding hydrogens is 448 g/mol. The molecule has 0 aliphatic rings. The van der Waals surface area contributed by atoms with Gasteiger partial charge in [0.25, 0.3) is 5.91 Å². The summed E-state index contributed by atoms with van der Waals surface area (Å²) in [6.45, 7) is 1.21. The second-order valence-electron chi connectivity index (χ2n) is 6.77. The molecule has 0 bridgehead atoms. The van der Waals surface area contributed by atoms with Gasteiger partial charge in [-0.1, -0.05) is 18.2 Å². The number of anilines is 1. The Morgan fingerprint density at radius 2 is 1.91 bits per heavy atom. The maximum atomic E-state index is 12.5. The number of aromatic amines is 1. The Labute approximate surface area is 190 Å². The summed E-state index contributed by atoms with van der Waals surface area (Å²) < 4.78 is 15.6. The van der Waals surface area contributed by atoms with Gasteiger partial charge in [-0.05, 0) is 25.1 Å². The number of aromatic nitrogens is 1. The second kappa shape index (κ2) is 9.53. The summed E-state index contributed by atoms with van der Waals surface area (Å²) in [5, 5.41) is 4.97. The number of benzene rings is 1. The molecule has 0 aliphatic carbocycles. The van der Waals surface area contributed by atoms with Gasteiger partial charge in [0.2, 0.25) is 5.56 Å². The number of para-hydroxylation sites is 1. The van der Waals surface area contributed by atoms with Crippen molar-refractivity contribution < 1.29 is 28.3 Å². The van der Waals surface area contributed by atoms with E-state index < -0.39 is 30.0 Å². The number of hydrogen-bond acceptors (Lipinski definition) is 8. The Balaban J connectivity index is 1.50. The topological polar surface area (TPSA) is 128 Å². The number of H-pyrrole nitrogens is 1. The summed E-state index contributed by atoms with van der Waals surface area (Å²) in [4.78, 5) is 52.0. The van der Waals surface area contributed by atoms with Crippen molar-refractivity contribution in [2.45, 2.75) is 6.92 Å². The van der Waals surface area contributed by atoms with Gasteiger partial charge in [-0.15, -0.1) is 11.3 Å². The summed E-state index contributed by atoms with van der Waals surface area (Å²) in [7, 11) is 0. The predicted molar refractivity (Wildman–Crippen MR) is 121 cm³/mol. The summed E-state index contributed by atoms with van der Waals surface area (Å²) in [6, 6.07) is 11.2. The number of esters is 2. The van der Waals surface area contributed by atoms with Gasteiger partial charge in [0.05, 0.1) is 18.4 Å². The molecule has 2 N–H and O–H groups in total. The van der Waals surface area contributed by atoms with Gasteiger partial charge in [0.1, 0.15) is 16.3 Å². The molecule has 9 nitrogen and oxygen atoms in total. The highest BCUT2D eigenvalue weighted by molar-refractivity contribution is 7.15. The van der Waals surface area contributed by atoms with Crippen molar-refractivity contribution in [1.82, 2.24) is 4.98 Å². The van der Waals surface area contributed by atoms with Crippen molar-refractivity contribution in [2.75, 3.05) is 18.5 Å². The number of nitrogens with one attached hydrogen (secondary N) is 2. The standard InChI is InChI=1S/C23H18N2O7S/c1-2-30-23(29)20-15(17-8-5-9-31-17)12-33-21(20)25-19(27)11-32-22(28)14-10-18(26)24-16-7-4-3-6-13(14)16/h3-10,12H,2,11H2,1H3,(H,24,26)(H,25,27). The summed E-state index contributed by atoms with van der Waals surface area (Å²) in [5.74, 6) is -1.65. The molecule has 3 aromatic heterocycles. The smallest absolute Gasteiger partial charge is 0.341 e. The number of ether oxygens (including phenoxy) is 2. The second-order valence-corrected chi connectivity index (χ2v) is 7.65. The summed E-state index contributed by atoms with van der Waals surface area (Å²) >= 11 is 1.11. The molecule has 168 valence electrons. The third kappa shape index (κ3) is 4.70. The van der Waals surface area contributed by atoms with Crippen LogP contribution in [0.4, 0.5) is 5.00 Å². The first kappa shape index (κ1) is 22.0. The minimum absolute atomic E-state index is 0.0468. The zero-order valence-corrected chi connectivity index (χ0v) is 18.2. The fraction of sp³-hybridized carbons (Fsp3) is 0.130. The Morgan fingerprint density at radius 1 is 1.09 bits per heavy atom. The number of thiophene rings is 1. The first-order valence-electron chi connectivity index (χ1n) is 9.89. The van der Waals surface area contributed by atoms with Crippen LogP contribution in [0.5, 0.6) is 0 Å². The van der Waals surface area contributed by atoms with Crippen LogP contribution < -0.4 is 10.9 Å². The molecular formula is C23H18N2O7S. The molecule has 0 radical (unpaired) electrons. The Hall–Kier alpha value is -4.18. The molecule has 1 amide bonds. The number of pyridine rings is 1. The summed E-state index contributed by atoms with van der Waals surface area (Å²) in [5.41, 5.74) is 0.686. The lowest BCUT2D eigenvalue weighted by Crippen LogP contribution is -2.22. The van der Waals surface area contributed by atoms with Gasteiger partial charge in [0, 0.05) is 27.9 Å². The van der Waals surface area contributed by atoms with Crippen LogP contribution in [-0.2, 0) is 14.3 Å². The quantitative estimate of drug-likeness (QED) is 0.396. The lowest BCUT2D eigenvalue weighted by Gasteiger charge is -2.09. The first-order chi connectivity index (χ1) is 16.0. The number of hydrogen-bond donors (Lipinski definition) is 2. The number of rotatable bonds is 7. The fourth-order valence-corrected chi connectivity index (χ4v) is 4.17. The minimum Gasteiger partial charge on any atom is -0.464 e. The van der Waals surface area contributed by atoms with Crippen LogP contribution in [0.2, 0.25) is 0 Å². The van der Waals surface area contributed by atoms with Crippen molar-refractivity contribution in [3.8, 4) is 11.3 Å². The minimum atomic E-state index is -0.819. The van der Waals surface area contributed by atoms with E-state index in [1.54, 1.807) is 48.7 Å². The lowest BCUT2D eigenvalue weighted by molar-refractivity contribution is -0.119. The molecule has 4 rings (SSSR count). The molecule has 0 saturated carbocycles. The molecule has 0 fully saturated rings. The van der Waals surface area contributed by atoms with E-state index >= 15 is 0 Å². The highest BCUT2D eigenvalue weighted by Gasteiger charge is 2.24. The van der Waals surface area contributed by atoms with Crippen LogP contribution in [0.15, 0.2) is 63.3 Å². The Bertz CT molecular complexity index is 1390. The van der Waals surface area contributed by atoms with Crippen molar-refractivity contribution in [3.63, 3.8) is 0 Å². The van der Waals surface area contributed by atoms with Crippen LogP contribution in [0.3, 0.4) is 0 Å². The molecule has 0 spiro atoms. The van der Waals surface area contributed by atoms with E-state index in [9.17, 15) is 19.2 Å². The predicted octanol–water partition coefficient (Wildman–Crippen LogP) is 3.82. The molecule has 0 unspecified atom stereocenters. The Kier molecular flexibility index (Phi) is 6.36. The number of fused-ring (bicyclic) bond motifs is 1. The van der Waals surface area contributed by atoms with Crippen LogP contribution >= 0.6 is 11.3 Å². The molecule has 0 aliphatic heterocycles. The first-order valence-corrected chi connectivity index (χ1v) is 10.8. The normalized spacial score (nSPS) is 10.7. The van der Waals surface area contributed by atoms with Crippen molar-refractivity contribution in [2.24, 2.45) is 0 Å². The maximum Gasteiger partial charge on any atom is 0.341 e. The molecule has 10 heteroatoms. The van der Waals surface area contributed by atoms with Gasteiger partial charge in [-0.3, -0.25) is 9.59 Å². The van der Waals surface area contributed by atoms with Gasteiger partial charge >= 0.3 is 11.9 Å². The fourth-order valence-electron chi connectivity index (χ4n) is 3.21. The molecule has 4 aromatic rings. The average molecular weight is 466 g/mol. The molecule has 33 heavy (non-hydrogen) atoms. The number of furan rings is 1. The van der Waals surface area contributed by atoms with E-state index in [4.69, 9.17) is 13.9 Å². The average Bonchev–Trinajstić information content (AvgIpc) is 3.47. The summed E-state index contributed by atoms with van der Waals surface area (Å²) in [6.07, 6.45) is 1.47. The maximum absolute atomic E-state index is 12.5. The van der Waals surface area contributed by atoms with E-state index in [2.05, 4.69) is 10.3 Å². The molecule has 3 heterocycles. The van der Waals surface area contributed by atoms with Crippen molar-refractivity contribution >= 4 is 45.1 Å². The van der Waals surface area contributed by atoms with Crippen LogP contribution in [0.25, 0.3) is 22.2 Å². The van der Waals surface area contributed by atoms with E-state index in [0.717, 1.165) is 17.4 Å². The number of amides is 1. The third-order valence-electron chi connectivity index (χ3n) is 4.61. The molecule has 0 atom stereocenters. The monoisotopic (exact) mass is 466 g/mol. The number of carbonyl (C=O) groups is 3.